The van der Waals surface area contributed by atoms with Gasteiger partial charge in [-0.15, -0.1) is 0 Å². The predicted molar refractivity (Wildman–Crippen MR) is 25.2 cm³/mol. The summed E-state index contributed by atoms with van der Waals surface area (Å²) in [5, 5.41) is 13.5. The third-order valence-corrected chi connectivity index (χ3v) is 1.11. The molecule has 0 unspecified atom stereocenters. The highest BCUT2D eigenvalue weighted by atomic mass is 35.5. The minimum atomic E-state index is 0.111. The lowest BCUT2D eigenvalue weighted by molar-refractivity contribution is -0.806. The molecule has 4 nitrogen and oxygen atoms in total. The Kier molecular flexibility index (Phi) is 1.09. The van der Waals surface area contributed by atoms with Gasteiger partial charge in [0.25, 0.3) is 0 Å². The fourth-order valence-electron chi connectivity index (χ4n) is 0.276. The van der Waals surface area contributed by atoms with E-state index in [0.29, 0.717) is 0 Å². The van der Waals surface area contributed by atoms with Crippen molar-refractivity contribution in [3.8, 4) is 0 Å². The van der Waals surface area contributed by atoms with E-state index in [1.54, 1.807) is 0 Å². The summed E-state index contributed by atoms with van der Waals surface area (Å²) < 4.78 is 4.07. The number of nitrogens with zero attached hydrogens (tertiary/aromatic N) is 2. The van der Waals surface area contributed by atoms with E-state index in [1.165, 1.54) is 6.92 Å². The van der Waals surface area contributed by atoms with Crippen molar-refractivity contribution in [3.63, 3.8) is 0 Å². The molecule has 8 heavy (non-hydrogen) atoms. The van der Waals surface area contributed by atoms with Gasteiger partial charge in [0.15, 0.2) is 0 Å². The van der Waals surface area contributed by atoms with Crippen molar-refractivity contribution >= 4 is 11.6 Å². The lowest BCUT2D eigenvalue weighted by Gasteiger charge is -1.81. The molecule has 0 bridgehead atoms. The van der Waals surface area contributed by atoms with Crippen LogP contribution in [-0.4, -0.2) is 5.16 Å². The Hall–Kier alpha value is -0.770. The van der Waals surface area contributed by atoms with Gasteiger partial charge >= 0.3 is 5.15 Å². The molecule has 0 fully saturated rings. The summed E-state index contributed by atoms with van der Waals surface area (Å²) in [6.07, 6.45) is 0. The summed E-state index contributed by atoms with van der Waals surface area (Å²) in [6, 6.07) is 0. The Morgan fingerprint density at radius 3 is 2.62 bits per heavy atom. The first kappa shape index (κ1) is 5.37. The van der Waals surface area contributed by atoms with E-state index < -0.39 is 0 Å². The molecule has 0 spiro atoms. The Morgan fingerprint density at radius 2 is 2.50 bits per heavy atom. The third-order valence-electron chi connectivity index (χ3n) is 0.768. The van der Waals surface area contributed by atoms with Gasteiger partial charge in [0, 0.05) is 6.92 Å². The molecule has 1 aromatic heterocycles. The van der Waals surface area contributed by atoms with E-state index >= 15 is 0 Å². The molecule has 1 aromatic rings. The first-order chi connectivity index (χ1) is 3.72. The maximum atomic E-state index is 10.2. The summed E-state index contributed by atoms with van der Waals surface area (Å²) in [5.41, 5.74) is 0.284. The largest absolute Gasteiger partial charge is 0.359 e. The molecule has 1 rings (SSSR count). The molecule has 0 N–H and O–H groups in total. The molecular weight excluding hydrogens is 131 g/mol. The van der Waals surface area contributed by atoms with E-state index in [0.717, 1.165) is 0 Å². The lowest BCUT2D eigenvalue weighted by atomic mass is 10.6. The maximum absolute atomic E-state index is 10.2. The average Bonchev–Trinajstić information content (AvgIpc) is 1.98. The van der Waals surface area contributed by atoms with E-state index in [1.807, 2.05) is 0 Å². The first-order valence-electron chi connectivity index (χ1n) is 1.93. The standard InChI is InChI=1S/C3H3ClN2O2/c1-2-3(4)5-8-6(2)7/h1H3. The minimum absolute atomic E-state index is 0.111. The smallest absolute Gasteiger partial charge is 0.310 e. The molecule has 5 heteroatoms. The maximum Gasteiger partial charge on any atom is 0.310 e. The molecule has 0 aliphatic heterocycles. The average molecular weight is 135 g/mol. The molecule has 0 atom stereocenters. The van der Waals surface area contributed by atoms with Crippen LogP contribution in [0.15, 0.2) is 4.63 Å². The molecule has 0 aliphatic carbocycles. The molecule has 0 amide bonds. The van der Waals surface area contributed by atoms with Gasteiger partial charge < -0.3 is 5.21 Å². The van der Waals surface area contributed by atoms with Gasteiger partial charge in [0.2, 0.25) is 5.69 Å². The van der Waals surface area contributed by atoms with Crippen LogP contribution >= 0.6 is 11.6 Å². The van der Waals surface area contributed by atoms with Gasteiger partial charge in [-0.3, -0.25) is 4.63 Å². The highest BCUT2D eigenvalue weighted by Gasteiger charge is 2.08. The van der Waals surface area contributed by atoms with Crippen LogP contribution in [0.5, 0.6) is 0 Å². The van der Waals surface area contributed by atoms with Crippen molar-refractivity contribution in [2.45, 2.75) is 6.92 Å². The van der Waals surface area contributed by atoms with Crippen molar-refractivity contribution < 1.29 is 9.53 Å². The Labute approximate surface area is 50.2 Å². The second kappa shape index (κ2) is 1.63. The summed E-state index contributed by atoms with van der Waals surface area (Å²) >= 11 is 5.30. The molecule has 0 aromatic carbocycles. The molecule has 0 saturated heterocycles. The number of rotatable bonds is 0. The van der Waals surface area contributed by atoms with E-state index in [2.05, 4.69) is 9.79 Å². The zero-order chi connectivity index (χ0) is 6.15. The van der Waals surface area contributed by atoms with Crippen LogP contribution in [0.3, 0.4) is 0 Å². The highest BCUT2D eigenvalue weighted by molar-refractivity contribution is 6.29. The quantitative estimate of drug-likeness (QED) is 0.479. The summed E-state index contributed by atoms with van der Waals surface area (Å²) in [6.45, 7) is 1.52. The van der Waals surface area contributed by atoms with Crippen molar-refractivity contribution in [1.29, 1.82) is 0 Å². The fraction of sp³-hybridized carbons (Fsp3) is 0.333. The summed E-state index contributed by atoms with van der Waals surface area (Å²) in [7, 11) is 0. The summed E-state index contributed by atoms with van der Waals surface area (Å²) in [4.78, 5) is 0.252. The molecule has 0 saturated carbocycles. The van der Waals surface area contributed by atoms with Crippen LogP contribution in [0.4, 0.5) is 0 Å². The molecular formula is C3H3ClN2O2. The van der Waals surface area contributed by atoms with Gasteiger partial charge in [0.1, 0.15) is 0 Å². The Morgan fingerprint density at radius 1 is 1.88 bits per heavy atom. The van der Waals surface area contributed by atoms with E-state index in [-0.39, 0.29) is 15.8 Å². The van der Waals surface area contributed by atoms with Crippen molar-refractivity contribution in [2.24, 2.45) is 0 Å². The van der Waals surface area contributed by atoms with Crippen LogP contribution < -0.4 is 4.90 Å². The predicted octanol–water partition coefficient (Wildman–Crippen LogP) is 0.270. The van der Waals surface area contributed by atoms with Crippen LogP contribution in [0.25, 0.3) is 0 Å². The highest BCUT2D eigenvalue weighted by Crippen LogP contribution is 2.03. The normalized spacial score (nSPS) is 9.75. The third kappa shape index (κ3) is 0.626. The van der Waals surface area contributed by atoms with E-state index in [9.17, 15) is 5.21 Å². The van der Waals surface area contributed by atoms with Gasteiger partial charge in [-0.25, -0.2) is 0 Å². The van der Waals surface area contributed by atoms with Crippen molar-refractivity contribution in [3.05, 3.63) is 16.1 Å². The van der Waals surface area contributed by atoms with Gasteiger partial charge in [0.05, 0.1) is 5.16 Å². The second-order valence-corrected chi connectivity index (χ2v) is 1.66. The van der Waals surface area contributed by atoms with Crippen molar-refractivity contribution in [1.82, 2.24) is 5.16 Å². The number of hydrogen-bond donors (Lipinski definition) is 0. The summed E-state index contributed by atoms with van der Waals surface area (Å²) in [5.74, 6) is 0. The van der Waals surface area contributed by atoms with Gasteiger partial charge in [-0.1, -0.05) is 0 Å². The zero-order valence-electron chi connectivity index (χ0n) is 4.09. The SMILES string of the molecule is Cc1c(Cl)no[n+]1[O-]. The molecule has 44 valence electrons. The number of halogens is 1. The Balaban J connectivity index is 3.19. The van der Waals surface area contributed by atoms with Crippen LogP contribution in [-0.2, 0) is 0 Å². The van der Waals surface area contributed by atoms with Gasteiger partial charge in [-0.2, -0.15) is 0 Å². The first-order valence-corrected chi connectivity index (χ1v) is 2.31. The van der Waals surface area contributed by atoms with Gasteiger partial charge in [-0.05, 0) is 16.5 Å². The Bertz CT molecular complexity index is 178. The van der Waals surface area contributed by atoms with Crippen LogP contribution in [0, 0.1) is 12.1 Å². The second-order valence-electron chi connectivity index (χ2n) is 1.31. The fourth-order valence-corrected chi connectivity index (χ4v) is 0.375. The molecule has 0 aliphatic rings. The topological polar surface area (TPSA) is 53.0 Å². The number of aromatic nitrogens is 2. The molecule has 1 heterocycles. The monoisotopic (exact) mass is 134 g/mol. The van der Waals surface area contributed by atoms with Crippen molar-refractivity contribution in [2.75, 3.05) is 0 Å². The minimum Gasteiger partial charge on any atom is -0.359 e. The lowest BCUT2D eigenvalue weighted by Crippen LogP contribution is -2.25. The van der Waals surface area contributed by atoms with Crippen LogP contribution in [0.1, 0.15) is 5.69 Å². The van der Waals surface area contributed by atoms with E-state index in [4.69, 9.17) is 11.6 Å². The number of hydrogen-bond acceptors (Lipinski definition) is 3. The molecule has 0 radical (unpaired) electrons. The van der Waals surface area contributed by atoms with Crippen LogP contribution in [0.2, 0.25) is 5.15 Å². The zero-order valence-corrected chi connectivity index (χ0v) is 4.84.